The maximum Gasteiger partial charge on any atom is 0.328 e. The summed E-state index contributed by atoms with van der Waals surface area (Å²) < 4.78 is 18.8. The Morgan fingerprint density at radius 3 is 2.41 bits per heavy atom. The quantitative estimate of drug-likeness (QED) is 0.712. The van der Waals surface area contributed by atoms with Gasteiger partial charge in [0.25, 0.3) is 0 Å². The van der Waals surface area contributed by atoms with Crippen molar-refractivity contribution in [2.45, 2.75) is 57.5 Å². The first-order valence-corrected chi connectivity index (χ1v) is 9.31. The summed E-state index contributed by atoms with van der Waals surface area (Å²) in [5.74, 6) is -1.87. The third kappa shape index (κ3) is 6.05. The van der Waals surface area contributed by atoms with Gasteiger partial charge in [-0.3, -0.25) is 9.59 Å². The van der Waals surface area contributed by atoms with E-state index in [9.17, 15) is 18.8 Å². The average Bonchev–Trinajstić information content (AvgIpc) is 2.66. The van der Waals surface area contributed by atoms with Gasteiger partial charge in [0, 0.05) is 13.3 Å². The number of hydrogen-bond acceptors (Lipinski definition) is 4. The smallest absolute Gasteiger partial charge is 0.328 e. The second-order valence-electron chi connectivity index (χ2n) is 6.96. The fraction of sp³-hybridized carbons (Fsp3) is 0.550. The van der Waals surface area contributed by atoms with Crippen LogP contribution in [0.5, 0.6) is 0 Å². The van der Waals surface area contributed by atoms with E-state index in [2.05, 4.69) is 10.6 Å². The number of hydrogen-bond donors (Lipinski definition) is 2. The molecule has 7 heteroatoms. The van der Waals surface area contributed by atoms with Gasteiger partial charge in [-0.25, -0.2) is 9.18 Å². The average molecular weight is 378 g/mol. The largest absolute Gasteiger partial charge is 0.467 e. The molecule has 2 N–H and O–H groups in total. The Morgan fingerprint density at radius 2 is 1.81 bits per heavy atom. The summed E-state index contributed by atoms with van der Waals surface area (Å²) in [5.41, 5.74) is 0.318. The van der Waals surface area contributed by atoms with Gasteiger partial charge in [-0.2, -0.15) is 0 Å². The van der Waals surface area contributed by atoms with Gasteiger partial charge in [-0.05, 0) is 30.4 Å². The molecule has 0 saturated heterocycles. The van der Waals surface area contributed by atoms with Crippen LogP contribution in [-0.4, -0.2) is 37.0 Å². The second kappa shape index (κ2) is 10.0. The summed E-state index contributed by atoms with van der Waals surface area (Å²) in [6.07, 6.45) is 4.77. The first-order valence-electron chi connectivity index (χ1n) is 9.31. The highest BCUT2D eigenvalue weighted by molar-refractivity contribution is 5.90. The summed E-state index contributed by atoms with van der Waals surface area (Å²) >= 11 is 0. The van der Waals surface area contributed by atoms with Gasteiger partial charge in [0.05, 0.1) is 7.11 Å². The maximum atomic E-state index is 14.0. The molecule has 6 nitrogen and oxygen atoms in total. The fourth-order valence-electron chi connectivity index (χ4n) is 3.56. The van der Waals surface area contributed by atoms with Crippen molar-refractivity contribution in [3.8, 4) is 0 Å². The number of carbonyl (C=O) groups is 3. The Kier molecular flexibility index (Phi) is 7.76. The van der Waals surface area contributed by atoms with Crippen LogP contribution in [-0.2, 0) is 25.5 Å². The van der Waals surface area contributed by atoms with Crippen LogP contribution in [0.15, 0.2) is 24.3 Å². The third-order valence-corrected chi connectivity index (χ3v) is 4.95. The summed E-state index contributed by atoms with van der Waals surface area (Å²) in [6.45, 7) is 1.29. The van der Waals surface area contributed by atoms with Gasteiger partial charge in [-0.15, -0.1) is 0 Å². The normalized spacial score (nSPS) is 16.9. The number of rotatable bonds is 7. The fourth-order valence-corrected chi connectivity index (χ4v) is 3.56. The first-order chi connectivity index (χ1) is 12.9. The van der Waals surface area contributed by atoms with Crippen LogP contribution >= 0.6 is 0 Å². The molecule has 1 aliphatic rings. The van der Waals surface area contributed by atoms with Crippen molar-refractivity contribution in [2.75, 3.05) is 7.11 Å². The van der Waals surface area contributed by atoms with E-state index in [1.165, 1.54) is 20.1 Å². The number of esters is 1. The van der Waals surface area contributed by atoms with Crippen LogP contribution in [0.25, 0.3) is 0 Å². The Hall–Kier alpha value is -2.44. The van der Waals surface area contributed by atoms with Crippen molar-refractivity contribution in [1.29, 1.82) is 0 Å². The summed E-state index contributed by atoms with van der Waals surface area (Å²) in [7, 11) is 1.29. The van der Waals surface area contributed by atoms with E-state index in [4.69, 9.17) is 4.74 Å². The molecule has 0 bridgehead atoms. The molecule has 2 rings (SSSR count). The molecule has 0 spiro atoms. The van der Waals surface area contributed by atoms with E-state index in [1.807, 2.05) is 0 Å². The SMILES string of the molecule is COC(=O)[C@@H](NC(=O)[C@@H](Cc1ccccc1F)NC(C)=O)C1CCCCC1. The molecule has 1 aliphatic carbocycles. The van der Waals surface area contributed by atoms with Crippen molar-refractivity contribution in [3.63, 3.8) is 0 Å². The number of amides is 2. The van der Waals surface area contributed by atoms with Crippen LogP contribution in [0.3, 0.4) is 0 Å². The first kappa shape index (κ1) is 20.9. The molecule has 27 heavy (non-hydrogen) atoms. The minimum atomic E-state index is -0.977. The highest BCUT2D eigenvalue weighted by Gasteiger charge is 2.34. The molecule has 0 heterocycles. The summed E-state index contributed by atoms with van der Waals surface area (Å²) in [4.78, 5) is 36.6. The monoisotopic (exact) mass is 378 g/mol. The molecule has 1 aromatic rings. The molecular formula is C20H27FN2O4. The van der Waals surface area contributed by atoms with E-state index in [0.717, 1.165) is 32.1 Å². The molecule has 0 radical (unpaired) electrons. The zero-order valence-corrected chi connectivity index (χ0v) is 15.8. The Labute approximate surface area is 158 Å². The van der Waals surface area contributed by atoms with Crippen molar-refractivity contribution in [1.82, 2.24) is 10.6 Å². The highest BCUT2D eigenvalue weighted by atomic mass is 19.1. The van der Waals surface area contributed by atoms with E-state index in [0.29, 0.717) is 5.56 Å². The summed E-state index contributed by atoms with van der Waals surface area (Å²) in [5, 5.41) is 5.28. The molecule has 0 aliphatic heterocycles. The van der Waals surface area contributed by atoms with Crippen molar-refractivity contribution >= 4 is 17.8 Å². The third-order valence-electron chi connectivity index (χ3n) is 4.95. The minimum Gasteiger partial charge on any atom is -0.467 e. The Bertz CT molecular complexity index is 674. The van der Waals surface area contributed by atoms with Crippen LogP contribution < -0.4 is 10.6 Å². The zero-order chi connectivity index (χ0) is 19.8. The van der Waals surface area contributed by atoms with Crippen molar-refractivity contribution in [3.05, 3.63) is 35.6 Å². The molecule has 1 aromatic carbocycles. The van der Waals surface area contributed by atoms with Gasteiger partial charge in [0.1, 0.15) is 17.9 Å². The lowest BCUT2D eigenvalue weighted by atomic mass is 9.83. The van der Waals surface area contributed by atoms with Gasteiger partial charge < -0.3 is 15.4 Å². The van der Waals surface area contributed by atoms with Gasteiger partial charge >= 0.3 is 5.97 Å². The van der Waals surface area contributed by atoms with E-state index < -0.39 is 35.7 Å². The number of methoxy groups -OCH3 is 1. The molecule has 2 amide bonds. The number of carbonyl (C=O) groups excluding carboxylic acids is 3. The molecule has 1 fully saturated rings. The zero-order valence-electron chi connectivity index (χ0n) is 15.8. The lowest BCUT2D eigenvalue weighted by molar-refractivity contribution is -0.147. The molecular weight excluding hydrogens is 351 g/mol. The number of benzene rings is 1. The Morgan fingerprint density at radius 1 is 1.15 bits per heavy atom. The summed E-state index contributed by atoms with van der Waals surface area (Å²) in [6, 6.07) is 4.35. The minimum absolute atomic E-state index is 0.00147. The van der Waals surface area contributed by atoms with Crippen LogP contribution in [0.2, 0.25) is 0 Å². The van der Waals surface area contributed by atoms with Gasteiger partial charge in [-0.1, -0.05) is 37.5 Å². The van der Waals surface area contributed by atoms with Gasteiger partial charge in [0.2, 0.25) is 11.8 Å². The molecule has 2 atom stereocenters. The van der Waals surface area contributed by atoms with E-state index >= 15 is 0 Å². The molecule has 148 valence electrons. The molecule has 0 aromatic heterocycles. The predicted molar refractivity (Wildman–Crippen MR) is 98.2 cm³/mol. The van der Waals surface area contributed by atoms with Crippen LogP contribution in [0.4, 0.5) is 4.39 Å². The second-order valence-corrected chi connectivity index (χ2v) is 6.96. The number of nitrogens with one attached hydrogen (secondary N) is 2. The Balaban J connectivity index is 2.15. The topological polar surface area (TPSA) is 84.5 Å². The van der Waals surface area contributed by atoms with Crippen molar-refractivity contribution in [2.24, 2.45) is 5.92 Å². The predicted octanol–water partition coefficient (Wildman–Crippen LogP) is 2.11. The molecule has 0 unspecified atom stereocenters. The lowest BCUT2D eigenvalue weighted by Gasteiger charge is -2.30. The van der Waals surface area contributed by atoms with Crippen LogP contribution in [0.1, 0.15) is 44.6 Å². The maximum absolute atomic E-state index is 14.0. The standard InChI is InChI=1S/C20H27FN2O4/c1-13(24)22-17(12-15-10-6-7-11-16(15)21)19(25)23-18(20(26)27-2)14-8-4-3-5-9-14/h6-7,10-11,14,17-18H,3-5,8-9,12H2,1-2H3,(H,22,24)(H,23,25)/t17-,18+/m1/s1. The van der Waals surface area contributed by atoms with Crippen molar-refractivity contribution < 1.29 is 23.5 Å². The lowest BCUT2D eigenvalue weighted by Crippen LogP contribution is -2.54. The van der Waals surface area contributed by atoms with E-state index in [1.54, 1.807) is 18.2 Å². The number of halogens is 1. The van der Waals surface area contributed by atoms with E-state index in [-0.39, 0.29) is 12.3 Å². The van der Waals surface area contributed by atoms with Gasteiger partial charge in [0.15, 0.2) is 0 Å². The van der Waals surface area contributed by atoms with Crippen LogP contribution in [0, 0.1) is 11.7 Å². The number of ether oxygens (including phenoxy) is 1. The molecule has 1 saturated carbocycles. The highest BCUT2D eigenvalue weighted by Crippen LogP contribution is 2.27.